The number of benzene rings is 3. The van der Waals surface area contributed by atoms with Crippen LogP contribution in [0.25, 0.3) is 21.8 Å². The summed E-state index contributed by atoms with van der Waals surface area (Å²) in [5, 5.41) is 16.1. The zero-order valence-electron chi connectivity index (χ0n) is 17.4. The van der Waals surface area contributed by atoms with Gasteiger partial charge in [0.2, 0.25) is 0 Å². The lowest BCUT2D eigenvalue weighted by Crippen LogP contribution is -2.33. The minimum absolute atomic E-state index is 0. The summed E-state index contributed by atoms with van der Waals surface area (Å²) in [5.74, 6) is -0.418. The van der Waals surface area contributed by atoms with Crippen molar-refractivity contribution >= 4 is 51.6 Å². The van der Waals surface area contributed by atoms with E-state index in [4.69, 9.17) is 4.74 Å². The number of aromatic nitrogens is 1. The predicted octanol–water partition coefficient (Wildman–Crippen LogP) is 5.30. The average Bonchev–Trinajstić information content (AvgIpc) is 2.78. The van der Waals surface area contributed by atoms with Gasteiger partial charge in [-0.2, -0.15) is 0 Å². The van der Waals surface area contributed by atoms with Crippen LogP contribution in [0.4, 0.5) is 11.4 Å². The molecule has 0 aliphatic heterocycles. The van der Waals surface area contributed by atoms with Crippen molar-refractivity contribution in [1.82, 2.24) is 4.98 Å². The number of halogens is 1. The van der Waals surface area contributed by atoms with Crippen LogP contribution in [0.15, 0.2) is 72.8 Å². The molecule has 1 unspecified atom stereocenters. The van der Waals surface area contributed by atoms with Gasteiger partial charge in [-0.25, -0.2) is 9.78 Å². The van der Waals surface area contributed by atoms with Crippen molar-refractivity contribution in [2.24, 2.45) is 0 Å². The third kappa shape index (κ3) is 4.63. The SMILES string of the molecule is CCOC(=O)C(Cc1ccccc1)Nc1c2ccccc2nc2cccc([N+](=O)[O-])c12.Cl. The lowest BCUT2D eigenvalue weighted by molar-refractivity contribution is -0.383. The Hall–Kier alpha value is -3.71. The Morgan fingerprint density at radius 2 is 1.72 bits per heavy atom. The first-order valence-electron chi connectivity index (χ1n) is 10.0. The number of esters is 1. The lowest BCUT2D eigenvalue weighted by atomic mass is 10.0. The molecule has 4 aromatic rings. The first kappa shape index (κ1) is 23.0. The summed E-state index contributed by atoms with van der Waals surface area (Å²) in [7, 11) is 0. The van der Waals surface area contributed by atoms with E-state index < -0.39 is 16.9 Å². The van der Waals surface area contributed by atoms with Gasteiger partial charge in [0.25, 0.3) is 5.69 Å². The van der Waals surface area contributed by atoms with Crippen LogP contribution in [-0.2, 0) is 16.0 Å². The van der Waals surface area contributed by atoms with Gasteiger partial charge in [-0.15, -0.1) is 12.4 Å². The summed E-state index contributed by atoms with van der Waals surface area (Å²) in [6.45, 7) is 1.99. The number of hydrogen-bond acceptors (Lipinski definition) is 6. The van der Waals surface area contributed by atoms with Crippen molar-refractivity contribution in [2.75, 3.05) is 11.9 Å². The molecule has 0 bridgehead atoms. The topological polar surface area (TPSA) is 94.4 Å². The van der Waals surface area contributed by atoms with Crippen LogP contribution in [0.2, 0.25) is 0 Å². The van der Waals surface area contributed by atoms with Crippen molar-refractivity contribution in [2.45, 2.75) is 19.4 Å². The van der Waals surface area contributed by atoms with E-state index in [0.29, 0.717) is 33.9 Å². The molecule has 0 saturated heterocycles. The summed E-state index contributed by atoms with van der Waals surface area (Å²) in [6.07, 6.45) is 0.373. The standard InChI is InChI=1S/C24H21N3O4.ClH/c1-2-31-24(28)20(15-16-9-4-3-5-10-16)26-23-17-11-6-7-12-18(17)25-19-13-8-14-21(22(19)23)27(29)30;/h3-14,20H,2,15H2,1H3,(H,25,26);1H. The maximum atomic E-state index is 12.8. The highest BCUT2D eigenvalue weighted by Crippen LogP contribution is 2.37. The fourth-order valence-corrected chi connectivity index (χ4v) is 3.69. The molecule has 7 nitrogen and oxygen atoms in total. The highest BCUT2D eigenvalue weighted by molar-refractivity contribution is 6.11. The molecule has 0 aliphatic rings. The van der Waals surface area contributed by atoms with Crippen LogP contribution in [0.1, 0.15) is 12.5 Å². The average molecular weight is 452 g/mol. The number of non-ortho nitro benzene ring substituents is 1. The number of carbonyl (C=O) groups is 1. The Labute approximate surface area is 191 Å². The minimum Gasteiger partial charge on any atom is -0.464 e. The van der Waals surface area contributed by atoms with Gasteiger partial charge in [0.15, 0.2) is 0 Å². The molecule has 0 radical (unpaired) electrons. The summed E-state index contributed by atoms with van der Waals surface area (Å²) in [4.78, 5) is 28.7. The van der Waals surface area contributed by atoms with Crippen LogP contribution in [0.5, 0.6) is 0 Å². The second kappa shape index (κ2) is 10.1. The molecule has 0 saturated carbocycles. The van der Waals surface area contributed by atoms with Crippen LogP contribution >= 0.6 is 12.4 Å². The van der Waals surface area contributed by atoms with E-state index in [0.717, 1.165) is 5.56 Å². The molecular formula is C24H22ClN3O4. The van der Waals surface area contributed by atoms with Crippen LogP contribution in [0.3, 0.4) is 0 Å². The number of pyridine rings is 1. The van der Waals surface area contributed by atoms with Gasteiger partial charge in [-0.1, -0.05) is 54.6 Å². The smallest absolute Gasteiger partial charge is 0.328 e. The quantitative estimate of drug-likeness (QED) is 0.177. The van der Waals surface area contributed by atoms with Crippen molar-refractivity contribution in [1.29, 1.82) is 0 Å². The number of hydrogen-bond donors (Lipinski definition) is 1. The number of nitro benzene ring substituents is 1. The number of fused-ring (bicyclic) bond motifs is 2. The molecule has 1 N–H and O–H groups in total. The normalized spacial score (nSPS) is 11.5. The summed E-state index contributed by atoms with van der Waals surface area (Å²) in [5.41, 5.74) is 2.55. The van der Waals surface area contributed by atoms with E-state index in [1.165, 1.54) is 6.07 Å². The maximum Gasteiger partial charge on any atom is 0.328 e. The van der Waals surface area contributed by atoms with E-state index in [1.54, 1.807) is 19.1 Å². The Morgan fingerprint density at radius 3 is 2.44 bits per heavy atom. The Bertz CT molecular complexity index is 1260. The van der Waals surface area contributed by atoms with E-state index in [2.05, 4.69) is 10.3 Å². The highest BCUT2D eigenvalue weighted by atomic mass is 35.5. The number of para-hydroxylation sites is 1. The largest absolute Gasteiger partial charge is 0.464 e. The van der Waals surface area contributed by atoms with Gasteiger partial charge in [0, 0.05) is 17.9 Å². The molecule has 164 valence electrons. The van der Waals surface area contributed by atoms with E-state index in [1.807, 2.05) is 54.6 Å². The van der Waals surface area contributed by atoms with Crippen molar-refractivity contribution in [3.05, 3.63) is 88.5 Å². The van der Waals surface area contributed by atoms with Gasteiger partial charge < -0.3 is 10.1 Å². The maximum absolute atomic E-state index is 12.8. The van der Waals surface area contributed by atoms with E-state index >= 15 is 0 Å². The van der Waals surface area contributed by atoms with E-state index in [-0.39, 0.29) is 24.7 Å². The molecule has 0 amide bonds. The van der Waals surface area contributed by atoms with Gasteiger partial charge in [0.1, 0.15) is 11.4 Å². The molecule has 8 heteroatoms. The number of nitro groups is 1. The van der Waals surface area contributed by atoms with Gasteiger partial charge in [-0.05, 0) is 24.6 Å². The summed E-state index contributed by atoms with van der Waals surface area (Å²) in [6, 6.07) is 21.0. The first-order chi connectivity index (χ1) is 15.1. The number of rotatable bonds is 7. The molecular weight excluding hydrogens is 430 g/mol. The highest BCUT2D eigenvalue weighted by Gasteiger charge is 2.25. The fourth-order valence-electron chi connectivity index (χ4n) is 3.69. The molecule has 0 spiro atoms. The molecule has 3 aromatic carbocycles. The third-order valence-electron chi connectivity index (χ3n) is 5.05. The zero-order valence-corrected chi connectivity index (χ0v) is 18.2. The summed E-state index contributed by atoms with van der Waals surface area (Å²) >= 11 is 0. The molecule has 0 aliphatic carbocycles. The number of anilines is 1. The molecule has 0 fully saturated rings. The molecule has 1 heterocycles. The van der Waals surface area contributed by atoms with Crippen LogP contribution < -0.4 is 5.32 Å². The third-order valence-corrected chi connectivity index (χ3v) is 5.05. The van der Waals surface area contributed by atoms with Gasteiger partial charge >= 0.3 is 5.97 Å². The second-order valence-corrected chi connectivity index (χ2v) is 7.07. The van der Waals surface area contributed by atoms with Crippen molar-refractivity contribution in [3.63, 3.8) is 0 Å². The lowest BCUT2D eigenvalue weighted by Gasteiger charge is -2.21. The number of carbonyl (C=O) groups excluding carboxylic acids is 1. The van der Waals surface area contributed by atoms with Gasteiger partial charge in [-0.3, -0.25) is 10.1 Å². The Kier molecular flexibility index (Phi) is 7.22. The molecule has 1 atom stereocenters. The van der Waals surface area contributed by atoms with E-state index in [9.17, 15) is 14.9 Å². The summed E-state index contributed by atoms with van der Waals surface area (Å²) < 4.78 is 5.30. The Morgan fingerprint density at radius 1 is 1.03 bits per heavy atom. The minimum atomic E-state index is -0.726. The van der Waals surface area contributed by atoms with Crippen molar-refractivity contribution < 1.29 is 14.5 Å². The van der Waals surface area contributed by atoms with Crippen LogP contribution in [0, 0.1) is 10.1 Å². The van der Waals surface area contributed by atoms with Crippen LogP contribution in [-0.4, -0.2) is 28.5 Å². The Balaban J connectivity index is 0.00000289. The number of nitrogens with zero attached hydrogens (tertiary/aromatic N) is 2. The molecule has 4 rings (SSSR count). The second-order valence-electron chi connectivity index (χ2n) is 7.07. The zero-order chi connectivity index (χ0) is 21.8. The predicted molar refractivity (Wildman–Crippen MR) is 127 cm³/mol. The molecule has 32 heavy (non-hydrogen) atoms. The number of nitrogens with one attached hydrogen (secondary N) is 1. The molecule has 1 aromatic heterocycles. The van der Waals surface area contributed by atoms with Crippen molar-refractivity contribution in [3.8, 4) is 0 Å². The monoisotopic (exact) mass is 451 g/mol. The first-order valence-corrected chi connectivity index (χ1v) is 10.0. The van der Waals surface area contributed by atoms with Gasteiger partial charge in [0.05, 0.1) is 28.3 Å². The number of ether oxygens (including phenoxy) is 1. The fraction of sp³-hybridized carbons (Fsp3) is 0.167.